The molecule has 0 heterocycles. The molecule has 7 nitrogen and oxygen atoms in total. The number of amides is 2. The molecule has 1 aromatic carbocycles. The number of rotatable bonds is 8. The van der Waals surface area contributed by atoms with Crippen LogP contribution < -0.4 is 16.4 Å². The first kappa shape index (κ1) is 23.9. The highest BCUT2D eigenvalue weighted by molar-refractivity contribution is 5.95. The van der Waals surface area contributed by atoms with Gasteiger partial charge in [-0.05, 0) is 36.5 Å². The van der Waals surface area contributed by atoms with Crippen molar-refractivity contribution in [3.8, 4) is 0 Å². The predicted molar refractivity (Wildman–Crippen MR) is 116 cm³/mol. The third kappa shape index (κ3) is 8.14. The van der Waals surface area contributed by atoms with Gasteiger partial charge in [-0.1, -0.05) is 58.1 Å². The summed E-state index contributed by atoms with van der Waals surface area (Å²) in [4.78, 5) is 36.1. The molecule has 0 aromatic heterocycles. The number of hydrogen-bond donors (Lipinski definition) is 3. The Morgan fingerprint density at radius 2 is 1.63 bits per heavy atom. The summed E-state index contributed by atoms with van der Waals surface area (Å²) in [6.45, 7) is 3.79. The first-order valence-corrected chi connectivity index (χ1v) is 11.0. The minimum Gasteiger partial charge on any atom is -0.461 e. The molecule has 166 valence electrons. The quantitative estimate of drug-likeness (QED) is 0.563. The van der Waals surface area contributed by atoms with E-state index in [9.17, 15) is 14.4 Å². The molecule has 2 rings (SSSR count). The van der Waals surface area contributed by atoms with Gasteiger partial charge in [0.25, 0.3) is 0 Å². The number of benzene rings is 1. The molecule has 2 amide bonds. The van der Waals surface area contributed by atoms with Gasteiger partial charge in [-0.25, -0.2) is 0 Å². The van der Waals surface area contributed by atoms with Crippen LogP contribution in [0.25, 0.3) is 0 Å². The van der Waals surface area contributed by atoms with Gasteiger partial charge >= 0.3 is 5.97 Å². The summed E-state index contributed by atoms with van der Waals surface area (Å²) in [6.07, 6.45) is 7.69. The summed E-state index contributed by atoms with van der Waals surface area (Å²) in [5, 5.41) is 5.25. The molecule has 30 heavy (non-hydrogen) atoms. The maximum absolute atomic E-state index is 12.3. The SMILES string of the molecule is CC(C)C(N)C(=O)NCC(=O)Nc1ccc(COC(=O)C2CCCCCCC2)cc1. The van der Waals surface area contributed by atoms with Crippen LogP contribution in [-0.2, 0) is 25.7 Å². The van der Waals surface area contributed by atoms with Crippen molar-refractivity contribution in [2.75, 3.05) is 11.9 Å². The van der Waals surface area contributed by atoms with Crippen molar-refractivity contribution in [1.82, 2.24) is 5.32 Å². The van der Waals surface area contributed by atoms with Crippen LogP contribution in [0.3, 0.4) is 0 Å². The molecule has 4 N–H and O–H groups in total. The van der Waals surface area contributed by atoms with Gasteiger partial charge in [-0.3, -0.25) is 14.4 Å². The van der Waals surface area contributed by atoms with Crippen molar-refractivity contribution in [2.45, 2.75) is 71.4 Å². The second-order valence-electron chi connectivity index (χ2n) is 8.38. The lowest BCUT2D eigenvalue weighted by Crippen LogP contribution is -2.46. The molecular weight excluding hydrogens is 382 g/mol. The van der Waals surface area contributed by atoms with Crippen molar-refractivity contribution in [3.63, 3.8) is 0 Å². The van der Waals surface area contributed by atoms with Crippen LogP contribution in [0, 0.1) is 11.8 Å². The summed E-state index contributed by atoms with van der Waals surface area (Å²) < 4.78 is 5.51. The maximum Gasteiger partial charge on any atom is 0.309 e. The topological polar surface area (TPSA) is 111 Å². The van der Waals surface area contributed by atoms with E-state index in [1.165, 1.54) is 19.3 Å². The van der Waals surface area contributed by atoms with E-state index in [1.54, 1.807) is 12.1 Å². The molecule has 0 saturated heterocycles. The molecule has 1 aromatic rings. The maximum atomic E-state index is 12.3. The first-order chi connectivity index (χ1) is 14.4. The van der Waals surface area contributed by atoms with Crippen LogP contribution in [-0.4, -0.2) is 30.4 Å². The first-order valence-electron chi connectivity index (χ1n) is 11.0. The van der Waals surface area contributed by atoms with E-state index in [2.05, 4.69) is 10.6 Å². The van der Waals surface area contributed by atoms with Crippen LogP contribution >= 0.6 is 0 Å². The average molecular weight is 418 g/mol. The number of nitrogens with two attached hydrogens (primary N) is 1. The fourth-order valence-corrected chi connectivity index (χ4v) is 3.44. The molecule has 1 atom stereocenters. The molecule has 0 spiro atoms. The van der Waals surface area contributed by atoms with Gasteiger partial charge in [-0.2, -0.15) is 0 Å². The van der Waals surface area contributed by atoms with Crippen LogP contribution in [0.5, 0.6) is 0 Å². The van der Waals surface area contributed by atoms with Crippen LogP contribution in [0.15, 0.2) is 24.3 Å². The van der Waals surface area contributed by atoms with Crippen LogP contribution in [0.4, 0.5) is 5.69 Å². The van der Waals surface area contributed by atoms with E-state index in [0.29, 0.717) is 5.69 Å². The van der Waals surface area contributed by atoms with Crippen LogP contribution in [0.2, 0.25) is 0 Å². The Hall–Kier alpha value is -2.41. The van der Waals surface area contributed by atoms with Crippen molar-refractivity contribution < 1.29 is 19.1 Å². The average Bonchev–Trinajstić information content (AvgIpc) is 2.70. The summed E-state index contributed by atoms with van der Waals surface area (Å²) >= 11 is 0. The smallest absolute Gasteiger partial charge is 0.309 e. The van der Waals surface area contributed by atoms with E-state index in [0.717, 1.165) is 31.2 Å². The molecule has 0 radical (unpaired) electrons. The standard InChI is InChI=1S/C23H35N3O4/c1-16(2)21(24)22(28)25-14-20(27)26-19-12-10-17(11-13-19)15-30-23(29)18-8-6-4-3-5-7-9-18/h10-13,16,18,21H,3-9,14-15,24H2,1-2H3,(H,25,28)(H,26,27). The fraction of sp³-hybridized carbons (Fsp3) is 0.609. The lowest BCUT2D eigenvalue weighted by Gasteiger charge is -2.18. The Bertz CT molecular complexity index is 695. The number of ether oxygens (including phenoxy) is 1. The van der Waals surface area contributed by atoms with E-state index < -0.39 is 6.04 Å². The van der Waals surface area contributed by atoms with Crippen molar-refractivity contribution in [3.05, 3.63) is 29.8 Å². The summed E-state index contributed by atoms with van der Waals surface area (Å²) in [6, 6.07) is 6.49. The number of nitrogens with one attached hydrogen (secondary N) is 2. The lowest BCUT2D eigenvalue weighted by molar-refractivity contribution is -0.150. The van der Waals surface area contributed by atoms with E-state index in [1.807, 2.05) is 26.0 Å². The second-order valence-corrected chi connectivity index (χ2v) is 8.38. The number of esters is 1. The molecule has 1 unspecified atom stereocenters. The zero-order chi connectivity index (χ0) is 21.9. The Labute approximate surface area is 179 Å². The van der Waals surface area contributed by atoms with Crippen molar-refractivity contribution >= 4 is 23.5 Å². The highest BCUT2D eigenvalue weighted by Gasteiger charge is 2.21. The monoisotopic (exact) mass is 417 g/mol. The number of carbonyl (C=O) groups is 3. The molecule has 7 heteroatoms. The largest absolute Gasteiger partial charge is 0.461 e. The second kappa shape index (κ2) is 12.3. The number of hydrogen-bond acceptors (Lipinski definition) is 5. The van der Waals surface area contributed by atoms with Crippen LogP contribution in [0.1, 0.15) is 64.4 Å². The third-order valence-corrected chi connectivity index (χ3v) is 5.50. The van der Waals surface area contributed by atoms with Gasteiger partial charge in [-0.15, -0.1) is 0 Å². The molecule has 1 aliphatic carbocycles. The van der Waals surface area contributed by atoms with E-state index >= 15 is 0 Å². The van der Waals surface area contributed by atoms with Crippen molar-refractivity contribution in [1.29, 1.82) is 0 Å². The lowest BCUT2D eigenvalue weighted by atomic mass is 9.91. The summed E-state index contributed by atoms with van der Waals surface area (Å²) in [5.41, 5.74) is 7.22. The molecule has 0 aliphatic heterocycles. The van der Waals surface area contributed by atoms with Gasteiger partial charge in [0.05, 0.1) is 18.5 Å². The highest BCUT2D eigenvalue weighted by Crippen LogP contribution is 2.23. The zero-order valence-corrected chi connectivity index (χ0v) is 18.1. The van der Waals surface area contributed by atoms with Gasteiger partial charge in [0, 0.05) is 5.69 Å². The minimum atomic E-state index is -0.637. The Balaban J connectivity index is 1.74. The zero-order valence-electron chi connectivity index (χ0n) is 18.1. The van der Waals surface area contributed by atoms with Gasteiger partial charge < -0.3 is 21.1 Å². The van der Waals surface area contributed by atoms with E-state index in [4.69, 9.17) is 10.5 Å². The molecule has 0 bridgehead atoms. The highest BCUT2D eigenvalue weighted by atomic mass is 16.5. The van der Waals surface area contributed by atoms with E-state index in [-0.39, 0.29) is 42.8 Å². The number of carbonyl (C=O) groups excluding carboxylic acids is 3. The minimum absolute atomic E-state index is 0.00163. The van der Waals surface area contributed by atoms with Gasteiger partial charge in [0.2, 0.25) is 11.8 Å². The third-order valence-electron chi connectivity index (χ3n) is 5.50. The fourth-order valence-electron chi connectivity index (χ4n) is 3.44. The van der Waals surface area contributed by atoms with Gasteiger partial charge in [0.1, 0.15) is 6.61 Å². The summed E-state index contributed by atoms with van der Waals surface area (Å²) in [5.74, 6) is -0.765. The van der Waals surface area contributed by atoms with Crippen molar-refractivity contribution in [2.24, 2.45) is 17.6 Å². The molecule has 1 saturated carbocycles. The number of anilines is 1. The molecule has 1 aliphatic rings. The Kier molecular flexibility index (Phi) is 9.80. The Morgan fingerprint density at radius 1 is 1.03 bits per heavy atom. The molecule has 1 fully saturated rings. The molecular formula is C23H35N3O4. The summed E-state index contributed by atoms with van der Waals surface area (Å²) in [7, 11) is 0. The predicted octanol–water partition coefficient (Wildman–Crippen LogP) is 3.13. The normalized spacial score (nSPS) is 16.3. The van der Waals surface area contributed by atoms with Gasteiger partial charge in [0.15, 0.2) is 0 Å². The Morgan fingerprint density at radius 3 is 2.23 bits per heavy atom.